The first-order chi connectivity index (χ1) is 11.1. The SMILES string of the molecule is CC[C@@]1(C(=O)O)C[C@@H]2CC[C@H]1N2C(=O)C1Cc2ccccc2C1. The van der Waals surface area contributed by atoms with Crippen molar-refractivity contribution in [2.75, 3.05) is 0 Å². The Bertz CT molecular complexity index is 645. The maximum absolute atomic E-state index is 13.1. The largest absolute Gasteiger partial charge is 0.481 e. The van der Waals surface area contributed by atoms with Crippen molar-refractivity contribution in [3.8, 4) is 0 Å². The average molecular weight is 313 g/mol. The van der Waals surface area contributed by atoms with E-state index in [1.807, 2.05) is 24.0 Å². The quantitative estimate of drug-likeness (QED) is 0.933. The van der Waals surface area contributed by atoms with Crippen LogP contribution in [0.1, 0.15) is 43.7 Å². The van der Waals surface area contributed by atoms with Gasteiger partial charge in [0.05, 0.1) is 5.41 Å². The van der Waals surface area contributed by atoms with Gasteiger partial charge in [-0.2, -0.15) is 0 Å². The van der Waals surface area contributed by atoms with Crippen LogP contribution in [0, 0.1) is 11.3 Å². The maximum atomic E-state index is 13.1. The molecule has 0 unspecified atom stereocenters. The van der Waals surface area contributed by atoms with Crippen LogP contribution in [0.25, 0.3) is 0 Å². The van der Waals surface area contributed by atoms with E-state index in [1.54, 1.807) is 0 Å². The molecule has 0 radical (unpaired) electrons. The number of carbonyl (C=O) groups excluding carboxylic acids is 1. The van der Waals surface area contributed by atoms with Crippen molar-refractivity contribution in [2.45, 2.75) is 57.5 Å². The van der Waals surface area contributed by atoms with E-state index >= 15 is 0 Å². The van der Waals surface area contributed by atoms with Crippen LogP contribution in [0.15, 0.2) is 24.3 Å². The summed E-state index contributed by atoms with van der Waals surface area (Å²) in [6.45, 7) is 1.95. The lowest BCUT2D eigenvalue weighted by Gasteiger charge is -2.33. The van der Waals surface area contributed by atoms with Gasteiger partial charge in [0.1, 0.15) is 0 Å². The smallest absolute Gasteiger partial charge is 0.311 e. The van der Waals surface area contributed by atoms with E-state index < -0.39 is 11.4 Å². The van der Waals surface area contributed by atoms with E-state index in [0.717, 1.165) is 25.7 Å². The second kappa shape index (κ2) is 5.08. The first-order valence-electron chi connectivity index (χ1n) is 8.69. The zero-order valence-electron chi connectivity index (χ0n) is 13.5. The highest BCUT2D eigenvalue weighted by Crippen LogP contribution is 2.52. The number of nitrogens with zero attached hydrogens (tertiary/aromatic N) is 1. The van der Waals surface area contributed by atoms with Gasteiger partial charge in [-0.25, -0.2) is 0 Å². The highest BCUT2D eigenvalue weighted by Gasteiger charge is 2.61. The second-order valence-corrected chi connectivity index (χ2v) is 7.39. The van der Waals surface area contributed by atoms with Crippen LogP contribution in [0.3, 0.4) is 0 Å². The Labute approximate surface area is 136 Å². The van der Waals surface area contributed by atoms with Gasteiger partial charge in [0.25, 0.3) is 0 Å². The van der Waals surface area contributed by atoms with Crippen LogP contribution in [0.4, 0.5) is 0 Å². The van der Waals surface area contributed by atoms with Crippen molar-refractivity contribution in [2.24, 2.45) is 11.3 Å². The van der Waals surface area contributed by atoms with Crippen LogP contribution in [-0.2, 0) is 22.4 Å². The fourth-order valence-electron chi connectivity index (χ4n) is 5.22. The fraction of sp³-hybridized carbons (Fsp3) is 0.579. The van der Waals surface area contributed by atoms with E-state index in [9.17, 15) is 14.7 Å². The normalized spacial score (nSPS) is 32.3. The van der Waals surface area contributed by atoms with Crippen molar-refractivity contribution < 1.29 is 14.7 Å². The molecule has 2 saturated heterocycles. The highest BCUT2D eigenvalue weighted by molar-refractivity contribution is 5.85. The minimum Gasteiger partial charge on any atom is -0.481 e. The lowest BCUT2D eigenvalue weighted by Crippen LogP contribution is -2.46. The molecule has 4 nitrogen and oxygen atoms in total. The summed E-state index contributed by atoms with van der Waals surface area (Å²) in [5, 5.41) is 9.75. The standard InChI is InChI=1S/C19H23NO3/c1-2-19(18(22)23)11-15-7-8-16(19)20(15)17(21)14-9-12-5-3-4-6-13(12)10-14/h3-6,14-16H,2,7-11H2,1H3,(H,22,23)/t15-,16+,19+/m0/s1. The Kier molecular flexibility index (Phi) is 3.26. The van der Waals surface area contributed by atoms with E-state index in [2.05, 4.69) is 12.1 Å². The summed E-state index contributed by atoms with van der Waals surface area (Å²) in [6, 6.07) is 8.29. The number of hydrogen-bond acceptors (Lipinski definition) is 2. The van der Waals surface area contributed by atoms with Crippen LogP contribution < -0.4 is 0 Å². The summed E-state index contributed by atoms with van der Waals surface area (Å²) in [5.41, 5.74) is 1.83. The van der Waals surface area contributed by atoms with Crippen LogP contribution >= 0.6 is 0 Å². The molecule has 2 bridgehead atoms. The van der Waals surface area contributed by atoms with Crippen LogP contribution in [0.5, 0.6) is 0 Å². The molecule has 1 aromatic carbocycles. The van der Waals surface area contributed by atoms with E-state index in [1.165, 1.54) is 11.1 Å². The summed E-state index contributed by atoms with van der Waals surface area (Å²) in [7, 11) is 0. The molecule has 0 aromatic heterocycles. The molecule has 3 atom stereocenters. The lowest BCUT2D eigenvalue weighted by atomic mass is 9.72. The highest BCUT2D eigenvalue weighted by atomic mass is 16.4. The van der Waals surface area contributed by atoms with Gasteiger partial charge in [-0.1, -0.05) is 31.2 Å². The van der Waals surface area contributed by atoms with Gasteiger partial charge >= 0.3 is 5.97 Å². The first-order valence-corrected chi connectivity index (χ1v) is 8.69. The molecule has 2 aliphatic heterocycles. The minimum atomic E-state index is -0.722. The molecule has 1 aliphatic carbocycles. The maximum Gasteiger partial charge on any atom is 0.311 e. The summed E-state index contributed by atoms with van der Waals surface area (Å²) in [4.78, 5) is 27.0. The van der Waals surface area contributed by atoms with E-state index in [0.29, 0.717) is 12.8 Å². The molecular weight excluding hydrogens is 290 g/mol. The third kappa shape index (κ3) is 1.97. The molecule has 2 fully saturated rings. The van der Waals surface area contributed by atoms with Gasteiger partial charge in [0.2, 0.25) is 5.91 Å². The molecule has 0 spiro atoms. The monoisotopic (exact) mass is 313 g/mol. The van der Waals surface area contributed by atoms with Crippen molar-refractivity contribution in [1.82, 2.24) is 4.90 Å². The number of carboxylic acid groups (broad SMARTS) is 1. The second-order valence-electron chi connectivity index (χ2n) is 7.39. The van der Waals surface area contributed by atoms with Gasteiger partial charge in [-0.3, -0.25) is 9.59 Å². The Hall–Kier alpha value is -1.84. The number of aliphatic carboxylic acids is 1. The van der Waals surface area contributed by atoms with Crippen molar-refractivity contribution in [3.63, 3.8) is 0 Å². The van der Waals surface area contributed by atoms with Gasteiger partial charge in [0.15, 0.2) is 0 Å². The molecular formula is C19H23NO3. The number of fused-ring (bicyclic) bond motifs is 3. The molecule has 0 saturated carbocycles. The summed E-state index contributed by atoms with van der Waals surface area (Å²) < 4.78 is 0. The molecule has 122 valence electrons. The zero-order valence-corrected chi connectivity index (χ0v) is 13.5. The minimum absolute atomic E-state index is 0.00282. The van der Waals surface area contributed by atoms with Crippen LogP contribution in [0.2, 0.25) is 0 Å². The predicted molar refractivity (Wildman–Crippen MR) is 86.0 cm³/mol. The average Bonchev–Trinajstić information content (AvgIpc) is 3.24. The summed E-state index contributed by atoms with van der Waals surface area (Å²) in [5.74, 6) is -0.540. The molecule has 3 aliphatic rings. The number of benzene rings is 1. The Morgan fingerprint density at radius 1 is 1.22 bits per heavy atom. The molecule has 2 heterocycles. The molecule has 4 rings (SSSR count). The summed E-state index contributed by atoms with van der Waals surface area (Å²) in [6.07, 6.45) is 4.66. The predicted octanol–water partition coefficient (Wildman–Crippen LogP) is 2.65. The topological polar surface area (TPSA) is 57.6 Å². The third-order valence-corrected chi connectivity index (χ3v) is 6.45. The zero-order chi connectivity index (χ0) is 16.2. The third-order valence-electron chi connectivity index (χ3n) is 6.45. The molecule has 1 amide bonds. The Morgan fingerprint density at radius 3 is 2.39 bits per heavy atom. The number of carboxylic acids is 1. The lowest BCUT2D eigenvalue weighted by molar-refractivity contribution is -0.152. The van der Waals surface area contributed by atoms with E-state index in [-0.39, 0.29) is 23.9 Å². The Morgan fingerprint density at radius 2 is 1.87 bits per heavy atom. The fourth-order valence-corrected chi connectivity index (χ4v) is 5.22. The number of carbonyl (C=O) groups is 2. The Balaban J connectivity index is 1.58. The van der Waals surface area contributed by atoms with Gasteiger partial charge in [0, 0.05) is 18.0 Å². The molecule has 1 aromatic rings. The number of amides is 1. The van der Waals surface area contributed by atoms with Gasteiger partial charge in [-0.05, 0) is 49.7 Å². The van der Waals surface area contributed by atoms with Crippen molar-refractivity contribution in [3.05, 3.63) is 35.4 Å². The first kappa shape index (κ1) is 14.7. The molecule has 1 N–H and O–H groups in total. The van der Waals surface area contributed by atoms with Crippen LogP contribution in [-0.4, -0.2) is 34.0 Å². The number of hydrogen-bond donors (Lipinski definition) is 1. The molecule has 4 heteroatoms. The number of rotatable bonds is 3. The van der Waals surface area contributed by atoms with Crippen molar-refractivity contribution >= 4 is 11.9 Å². The van der Waals surface area contributed by atoms with Crippen molar-refractivity contribution in [1.29, 1.82) is 0 Å². The van der Waals surface area contributed by atoms with Gasteiger partial charge in [-0.15, -0.1) is 0 Å². The van der Waals surface area contributed by atoms with Gasteiger partial charge < -0.3 is 10.0 Å². The summed E-state index contributed by atoms with van der Waals surface area (Å²) >= 11 is 0. The van der Waals surface area contributed by atoms with E-state index in [4.69, 9.17) is 0 Å². The molecule has 23 heavy (non-hydrogen) atoms.